The molecule has 0 spiro atoms. The van der Waals surface area contributed by atoms with Crippen LogP contribution in [0.5, 0.6) is 0 Å². The van der Waals surface area contributed by atoms with Gasteiger partial charge in [-0.25, -0.2) is 9.97 Å². The Balaban J connectivity index is 2.07. The Bertz CT molecular complexity index is 666. The predicted molar refractivity (Wildman–Crippen MR) is 63.9 cm³/mol. The van der Waals surface area contributed by atoms with E-state index in [2.05, 4.69) is 20.4 Å². The van der Waals surface area contributed by atoms with Gasteiger partial charge in [0.05, 0.1) is 6.20 Å². The molecule has 3 aromatic rings. The minimum absolute atomic E-state index is 0.425. The Hall–Kier alpha value is -2.57. The average Bonchev–Trinajstić information content (AvgIpc) is 2.87. The second-order valence-corrected chi connectivity index (χ2v) is 3.67. The van der Waals surface area contributed by atoms with Gasteiger partial charge in [0.2, 0.25) is 0 Å². The van der Waals surface area contributed by atoms with Crippen LogP contribution in [0.25, 0.3) is 5.65 Å². The smallest absolute Gasteiger partial charge is 0.180 e. The number of imidazole rings is 1. The fourth-order valence-electron chi connectivity index (χ4n) is 1.64. The zero-order chi connectivity index (χ0) is 11.8. The number of hydrogen-bond acceptors (Lipinski definition) is 5. The molecule has 3 aromatic heterocycles. The van der Waals surface area contributed by atoms with E-state index in [0.29, 0.717) is 23.1 Å². The Morgan fingerprint density at radius 1 is 1.35 bits per heavy atom. The number of nitrogens with zero attached hydrogens (tertiary/aromatic N) is 5. The van der Waals surface area contributed by atoms with Crippen molar-refractivity contribution in [2.75, 3.05) is 11.1 Å². The number of anilines is 3. The number of rotatable bonds is 2. The third kappa shape index (κ3) is 1.67. The van der Waals surface area contributed by atoms with Crippen LogP contribution in [0.1, 0.15) is 0 Å². The van der Waals surface area contributed by atoms with Crippen LogP contribution in [-0.2, 0) is 7.05 Å². The van der Waals surface area contributed by atoms with E-state index in [1.807, 2.05) is 29.9 Å². The Morgan fingerprint density at radius 2 is 2.24 bits per heavy atom. The van der Waals surface area contributed by atoms with Crippen LogP contribution in [0.2, 0.25) is 0 Å². The van der Waals surface area contributed by atoms with E-state index in [-0.39, 0.29) is 0 Å². The number of nitrogen functional groups attached to an aromatic ring is 1. The van der Waals surface area contributed by atoms with Crippen molar-refractivity contribution in [2.45, 2.75) is 0 Å². The molecule has 7 nitrogen and oxygen atoms in total. The Labute approximate surface area is 96.9 Å². The van der Waals surface area contributed by atoms with Crippen LogP contribution < -0.4 is 11.1 Å². The molecule has 0 bridgehead atoms. The number of hydrogen-bond donors (Lipinski definition) is 2. The number of nitrogens with two attached hydrogens (primary N) is 1. The van der Waals surface area contributed by atoms with Crippen LogP contribution in [0.15, 0.2) is 30.9 Å². The lowest BCUT2D eigenvalue weighted by Crippen LogP contribution is -2.02. The second kappa shape index (κ2) is 3.48. The summed E-state index contributed by atoms with van der Waals surface area (Å²) >= 11 is 0. The Kier molecular flexibility index (Phi) is 1.97. The third-order valence-corrected chi connectivity index (χ3v) is 2.35. The molecule has 3 rings (SSSR count). The zero-order valence-corrected chi connectivity index (χ0v) is 9.20. The number of aryl methyl sites for hydroxylation is 1. The highest BCUT2D eigenvalue weighted by Gasteiger charge is 2.07. The van der Waals surface area contributed by atoms with Gasteiger partial charge in [-0.15, -0.1) is 0 Å². The normalized spacial score (nSPS) is 10.9. The molecule has 3 heterocycles. The molecule has 7 heteroatoms. The molecule has 0 saturated carbocycles. The first-order valence-corrected chi connectivity index (χ1v) is 5.08. The lowest BCUT2D eigenvalue weighted by molar-refractivity contribution is 0.771. The fourth-order valence-corrected chi connectivity index (χ4v) is 1.64. The molecule has 0 aliphatic heterocycles. The van der Waals surface area contributed by atoms with Crippen molar-refractivity contribution in [3.05, 3.63) is 30.9 Å². The number of nitrogens with one attached hydrogen (secondary N) is 1. The first-order chi connectivity index (χ1) is 8.22. The van der Waals surface area contributed by atoms with Crippen molar-refractivity contribution in [1.82, 2.24) is 24.1 Å². The molecule has 0 unspecified atom stereocenters. The van der Waals surface area contributed by atoms with Crippen molar-refractivity contribution < 1.29 is 0 Å². The van der Waals surface area contributed by atoms with Crippen molar-refractivity contribution >= 4 is 23.1 Å². The largest absolute Gasteiger partial charge is 0.382 e. The summed E-state index contributed by atoms with van der Waals surface area (Å²) < 4.78 is 3.52. The minimum atomic E-state index is 0.425. The van der Waals surface area contributed by atoms with E-state index in [0.717, 1.165) is 0 Å². The van der Waals surface area contributed by atoms with Gasteiger partial charge in [-0.3, -0.25) is 4.68 Å². The molecule has 17 heavy (non-hydrogen) atoms. The number of fused-ring (bicyclic) bond motifs is 1. The standard InChI is InChI=1S/C10H11N7/c1-16-4-2-8(15-16)14-9-10-12-3-5-17(10)6-7(11)13-9/h2-6H,11H2,1H3,(H,13,14,15). The van der Waals surface area contributed by atoms with Gasteiger partial charge in [-0.05, 0) is 0 Å². The van der Waals surface area contributed by atoms with E-state index in [1.165, 1.54) is 0 Å². The summed E-state index contributed by atoms with van der Waals surface area (Å²) in [7, 11) is 1.85. The highest BCUT2D eigenvalue weighted by atomic mass is 15.3. The molecule has 0 amide bonds. The zero-order valence-electron chi connectivity index (χ0n) is 9.20. The molecule has 0 saturated heterocycles. The minimum Gasteiger partial charge on any atom is -0.382 e. The van der Waals surface area contributed by atoms with E-state index in [9.17, 15) is 0 Å². The third-order valence-electron chi connectivity index (χ3n) is 2.35. The van der Waals surface area contributed by atoms with E-state index in [1.54, 1.807) is 17.1 Å². The number of aromatic nitrogens is 5. The van der Waals surface area contributed by atoms with Gasteiger partial charge in [0.25, 0.3) is 0 Å². The van der Waals surface area contributed by atoms with Gasteiger partial charge in [0.1, 0.15) is 5.82 Å². The maximum absolute atomic E-state index is 5.72. The van der Waals surface area contributed by atoms with Crippen molar-refractivity contribution in [3.8, 4) is 0 Å². The SMILES string of the molecule is Cn1ccc(Nc2nc(N)cn3ccnc23)n1. The van der Waals surface area contributed by atoms with Gasteiger partial charge >= 0.3 is 0 Å². The molecular weight excluding hydrogens is 218 g/mol. The molecule has 0 fully saturated rings. The molecule has 3 N–H and O–H groups in total. The lowest BCUT2D eigenvalue weighted by Gasteiger charge is -2.05. The molecule has 0 aliphatic rings. The summed E-state index contributed by atoms with van der Waals surface area (Å²) in [6.45, 7) is 0. The van der Waals surface area contributed by atoms with Gasteiger partial charge in [0, 0.05) is 31.7 Å². The van der Waals surface area contributed by atoms with Gasteiger partial charge in [-0.2, -0.15) is 5.10 Å². The average molecular weight is 229 g/mol. The summed E-state index contributed by atoms with van der Waals surface area (Å²) in [5.41, 5.74) is 6.43. The molecular formula is C10H11N7. The summed E-state index contributed by atoms with van der Waals surface area (Å²) in [6.07, 6.45) is 7.07. The van der Waals surface area contributed by atoms with Crippen LogP contribution in [0.3, 0.4) is 0 Å². The molecule has 86 valence electrons. The van der Waals surface area contributed by atoms with E-state index < -0.39 is 0 Å². The van der Waals surface area contributed by atoms with Gasteiger partial charge < -0.3 is 15.5 Å². The summed E-state index contributed by atoms with van der Waals surface area (Å²) in [4.78, 5) is 8.42. The molecule has 0 aliphatic carbocycles. The quantitative estimate of drug-likeness (QED) is 0.678. The summed E-state index contributed by atoms with van der Waals surface area (Å²) in [5.74, 6) is 1.72. The summed E-state index contributed by atoms with van der Waals surface area (Å²) in [6, 6.07) is 1.85. The van der Waals surface area contributed by atoms with E-state index >= 15 is 0 Å². The Morgan fingerprint density at radius 3 is 3.00 bits per heavy atom. The highest BCUT2D eigenvalue weighted by molar-refractivity contribution is 5.69. The van der Waals surface area contributed by atoms with Crippen molar-refractivity contribution in [3.63, 3.8) is 0 Å². The maximum Gasteiger partial charge on any atom is 0.180 e. The van der Waals surface area contributed by atoms with Gasteiger partial charge in [-0.1, -0.05) is 0 Å². The predicted octanol–water partition coefficient (Wildman–Crippen LogP) is 0.789. The second-order valence-electron chi connectivity index (χ2n) is 3.67. The fraction of sp³-hybridized carbons (Fsp3) is 0.100. The van der Waals surface area contributed by atoms with Crippen LogP contribution in [-0.4, -0.2) is 24.1 Å². The highest BCUT2D eigenvalue weighted by Crippen LogP contribution is 2.18. The van der Waals surface area contributed by atoms with Crippen LogP contribution in [0, 0.1) is 0 Å². The molecule has 0 atom stereocenters. The van der Waals surface area contributed by atoms with Gasteiger partial charge in [0.15, 0.2) is 17.3 Å². The molecule has 0 aromatic carbocycles. The van der Waals surface area contributed by atoms with Crippen molar-refractivity contribution in [1.29, 1.82) is 0 Å². The first-order valence-electron chi connectivity index (χ1n) is 5.08. The van der Waals surface area contributed by atoms with E-state index in [4.69, 9.17) is 5.73 Å². The maximum atomic E-state index is 5.72. The first kappa shape index (κ1) is 9.64. The monoisotopic (exact) mass is 229 g/mol. The van der Waals surface area contributed by atoms with Crippen LogP contribution in [0.4, 0.5) is 17.5 Å². The topological polar surface area (TPSA) is 86.1 Å². The van der Waals surface area contributed by atoms with Crippen molar-refractivity contribution in [2.24, 2.45) is 7.05 Å². The molecule has 0 radical (unpaired) electrons. The summed E-state index contributed by atoms with van der Waals surface area (Å²) in [5, 5.41) is 7.30. The van der Waals surface area contributed by atoms with Crippen LogP contribution >= 0.6 is 0 Å². The lowest BCUT2D eigenvalue weighted by atomic mass is 10.5.